The largest absolute Gasteiger partial charge is 0.489 e. The minimum atomic E-state index is 0.134. The van der Waals surface area contributed by atoms with Gasteiger partial charge >= 0.3 is 0 Å². The summed E-state index contributed by atoms with van der Waals surface area (Å²) in [6.07, 6.45) is 2.66. The topological polar surface area (TPSA) is 66.0 Å². The minimum absolute atomic E-state index is 0.134. The molecule has 6 heteroatoms. The number of hydrogen-bond acceptors (Lipinski definition) is 3. The monoisotopic (exact) mass is 422 g/mol. The van der Waals surface area contributed by atoms with Crippen LogP contribution in [-0.4, -0.2) is 43.4 Å². The highest BCUT2D eigenvalue weighted by Gasteiger charge is 2.23. The molecule has 0 atom stereocenters. The van der Waals surface area contributed by atoms with Crippen molar-refractivity contribution in [1.29, 1.82) is 0 Å². The Balaban J connectivity index is 1.51. The first kappa shape index (κ1) is 22.7. The van der Waals surface area contributed by atoms with Crippen LogP contribution >= 0.6 is 0 Å². The molecule has 0 bridgehead atoms. The van der Waals surface area contributed by atoms with Gasteiger partial charge in [0.1, 0.15) is 12.4 Å². The van der Waals surface area contributed by atoms with Crippen molar-refractivity contribution in [3.63, 3.8) is 0 Å². The lowest BCUT2D eigenvalue weighted by Crippen LogP contribution is -2.46. The molecule has 0 unspecified atom stereocenters. The van der Waals surface area contributed by atoms with Gasteiger partial charge in [-0.2, -0.15) is 0 Å². The zero-order valence-corrected chi connectivity index (χ0v) is 18.6. The third-order valence-electron chi connectivity index (χ3n) is 5.58. The van der Waals surface area contributed by atoms with Crippen molar-refractivity contribution in [3.05, 3.63) is 65.7 Å². The van der Waals surface area contributed by atoms with E-state index in [1.807, 2.05) is 30.3 Å². The van der Waals surface area contributed by atoms with E-state index in [0.717, 1.165) is 55.3 Å². The number of nitrogens with zero attached hydrogens (tertiary/aromatic N) is 2. The molecule has 2 N–H and O–H groups in total. The molecule has 0 radical (unpaired) electrons. The average molecular weight is 423 g/mol. The highest BCUT2D eigenvalue weighted by molar-refractivity contribution is 5.80. The summed E-state index contributed by atoms with van der Waals surface area (Å²) in [6.45, 7) is 5.98. The van der Waals surface area contributed by atoms with E-state index in [4.69, 9.17) is 9.73 Å². The fraction of sp³-hybridized carbons (Fsp3) is 0.440. The van der Waals surface area contributed by atoms with E-state index in [-0.39, 0.29) is 5.91 Å². The Morgan fingerprint density at radius 1 is 1.06 bits per heavy atom. The molecule has 166 valence electrons. The van der Waals surface area contributed by atoms with E-state index in [9.17, 15) is 4.79 Å². The maximum absolute atomic E-state index is 11.6. The molecule has 0 spiro atoms. The Bertz CT molecular complexity index is 828. The van der Waals surface area contributed by atoms with Gasteiger partial charge < -0.3 is 20.3 Å². The molecular formula is C25H34N4O2. The number of likely N-dealkylation sites (tertiary alicyclic amines) is 1. The number of carbonyl (C=O) groups excluding carboxylic acids is 1. The molecule has 1 heterocycles. The van der Waals surface area contributed by atoms with Crippen molar-refractivity contribution < 1.29 is 9.53 Å². The van der Waals surface area contributed by atoms with Gasteiger partial charge in [0.2, 0.25) is 5.91 Å². The van der Waals surface area contributed by atoms with Gasteiger partial charge in [-0.25, -0.2) is 4.99 Å². The van der Waals surface area contributed by atoms with Crippen LogP contribution in [-0.2, 0) is 17.9 Å². The van der Waals surface area contributed by atoms with Crippen LogP contribution in [0.1, 0.15) is 37.3 Å². The van der Waals surface area contributed by atoms with Crippen LogP contribution in [0.15, 0.2) is 59.6 Å². The van der Waals surface area contributed by atoms with Crippen molar-refractivity contribution in [1.82, 2.24) is 15.5 Å². The van der Waals surface area contributed by atoms with Gasteiger partial charge in [-0.15, -0.1) is 0 Å². The van der Waals surface area contributed by atoms with Gasteiger partial charge in [0.05, 0.1) is 6.54 Å². The lowest BCUT2D eigenvalue weighted by molar-refractivity contribution is -0.121. The Labute approximate surface area is 185 Å². The van der Waals surface area contributed by atoms with E-state index in [2.05, 4.69) is 46.7 Å². The second-order valence-electron chi connectivity index (χ2n) is 7.90. The number of rotatable bonds is 8. The molecule has 3 rings (SSSR count). The number of carbonyl (C=O) groups is 1. The number of hydrogen-bond donors (Lipinski definition) is 2. The summed E-state index contributed by atoms with van der Waals surface area (Å²) in [6, 6.07) is 18.3. The van der Waals surface area contributed by atoms with E-state index in [0.29, 0.717) is 25.5 Å². The summed E-state index contributed by atoms with van der Waals surface area (Å²) in [4.78, 5) is 18.8. The number of benzene rings is 2. The van der Waals surface area contributed by atoms with E-state index >= 15 is 0 Å². The van der Waals surface area contributed by atoms with Crippen molar-refractivity contribution in [2.75, 3.05) is 26.7 Å². The van der Waals surface area contributed by atoms with Crippen molar-refractivity contribution >= 4 is 11.9 Å². The summed E-state index contributed by atoms with van der Waals surface area (Å²) in [5, 5.41) is 6.14. The van der Waals surface area contributed by atoms with Crippen molar-refractivity contribution in [2.24, 2.45) is 10.9 Å². The quantitative estimate of drug-likeness (QED) is 0.504. The molecule has 2 aromatic rings. The minimum Gasteiger partial charge on any atom is -0.489 e. The molecule has 2 aromatic carbocycles. The maximum Gasteiger partial charge on any atom is 0.220 e. The first-order valence-corrected chi connectivity index (χ1v) is 11.2. The van der Waals surface area contributed by atoms with Crippen LogP contribution in [0.5, 0.6) is 5.75 Å². The third kappa shape index (κ3) is 7.31. The third-order valence-corrected chi connectivity index (χ3v) is 5.58. The summed E-state index contributed by atoms with van der Waals surface area (Å²) < 4.78 is 5.87. The van der Waals surface area contributed by atoms with Gasteiger partial charge in [0.15, 0.2) is 5.96 Å². The SMILES string of the molecule is CCNC(=NCc1ccc(OCc2ccccc2)cc1)N1CCC(CC(=O)NC)CC1. The normalized spacial score (nSPS) is 14.9. The van der Waals surface area contributed by atoms with Gasteiger partial charge in [-0.1, -0.05) is 42.5 Å². The molecule has 31 heavy (non-hydrogen) atoms. The van der Waals surface area contributed by atoms with Crippen LogP contribution < -0.4 is 15.4 Å². The van der Waals surface area contributed by atoms with Crippen LogP contribution in [0, 0.1) is 5.92 Å². The zero-order valence-electron chi connectivity index (χ0n) is 18.6. The number of nitrogens with one attached hydrogen (secondary N) is 2. The molecule has 0 saturated carbocycles. The van der Waals surface area contributed by atoms with Crippen molar-refractivity contribution in [3.8, 4) is 5.75 Å². The average Bonchev–Trinajstić information content (AvgIpc) is 2.82. The lowest BCUT2D eigenvalue weighted by Gasteiger charge is -2.34. The van der Waals surface area contributed by atoms with Gasteiger partial charge in [0, 0.05) is 33.1 Å². The zero-order chi connectivity index (χ0) is 21.9. The highest BCUT2D eigenvalue weighted by atomic mass is 16.5. The first-order chi connectivity index (χ1) is 15.2. The van der Waals surface area contributed by atoms with Gasteiger partial charge in [0.25, 0.3) is 0 Å². The summed E-state index contributed by atoms with van der Waals surface area (Å²) in [7, 11) is 1.70. The van der Waals surface area contributed by atoms with Crippen LogP contribution in [0.25, 0.3) is 0 Å². The summed E-state index contributed by atoms with van der Waals surface area (Å²) >= 11 is 0. The number of guanidine groups is 1. The highest BCUT2D eigenvalue weighted by Crippen LogP contribution is 2.21. The Morgan fingerprint density at radius 2 is 1.77 bits per heavy atom. The smallest absolute Gasteiger partial charge is 0.220 e. The lowest BCUT2D eigenvalue weighted by atomic mass is 9.93. The summed E-state index contributed by atoms with van der Waals surface area (Å²) in [5.41, 5.74) is 2.31. The molecule has 6 nitrogen and oxygen atoms in total. The fourth-order valence-corrected chi connectivity index (χ4v) is 3.74. The van der Waals surface area contributed by atoms with E-state index in [1.165, 1.54) is 0 Å². The molecule has 0 aromatic heterocycles. The second-order valence-corrected chi connectivity index (χ2v) is 7.90. The maximum atomic E-state index is 11.6. The van der Waals surface area contributed by atoms with Crippen LogP contribution in [0.3, 0.4) is 0 Å². The van der Waals surface area contributed by atoms with Crippen LogP contribution in [0.2, 0.25) is 0 Å². The summed E-state index contributed by atoms with van der Waals surface area (Å²) in [5.74, 6) is 2.41. The van der Waals surface area contributed by atoms with Gasteiger partial charge in [-0.05, 0) is 48.9 Å². The molecule has 1 aliphatic rings. The molecule has 0 aliphatic carbocycles. The molecule has 1 aliphatic heterocycles. The van der Waals surface area contributed by atoms with E-state index in [1.54, 1.807) is 7.05 Å². The standard InChI is InChI=1S/C25H34N4O2/c1-3-27-25(29-15-13-20(14-16-29)17-24(30)26-2)28-18-21-9-11-23(12-10-21)31-19-22-7-5-4-6-8-22/h4-12,20H,3,13-19H2,1-2H3,(H,26,30)(H,27,28). The molecule has 1 amide bonds. The number of ether oxygens (including phenoxy) is 1. The Hall–Kier alpha value is -3.02. The molecular weight excluding hydrogens is 388 g/mol. The van der Waals surface area contributed by atoms with Gasteiger partial charge in [-0.3, -0.25) is 4.79 Å². The number of piperidine rings is 1. The van der Waals surface area contributed by atoms with E-state index < -0.39 is 0 Å². The first-order valence-electron chi connectivity index (χ1n) is 11.2. The Morgan fingerprint density at radius 3 is 2.42 bits per heavy atom. The van der Waals surface area contributed by atoms with Crippen LogP contribution in [0.4, 0.5) is 0 Å². The molecule has 1 saturated heterocycles. The van der Waals surface area contributed by atoms with Crippen molar-refractivity contribution in [2.45, 2.75) is 39.3 Å². The number of amides is 1. The number of aliphatic imine (C=N–C) groups is 1. The Kier molecular flexibility index (Phi) is 8.76. The fourth-order valence-electron chi connectivity index (χ4n) is 3.74. The predicted octanol–water partition coefficient (Wildman–Crippen LogP) is 3.58. The predicted molar refractivity (Wildman–Crippen MR) is 125 cm³/mol. The molecule has 1 fully saturated rings. The second kappa shape index (κ2) is 12.0.